The number of amides is 1. The van der Waals surface area contributed by atoms with E-state index in [2.05, 4.69) is 5.32 Å². The molecule has 4 heteroatoms. The van der Waals surface area contributed by atoms with Crippen molar-refractivity contribution in [3.63, 3.8) is 0 Å². The van der Waals surface area contributed by atoms with Gasteiger partial charge >= 0.3 is 0 Å². The highest BCUT2D eigenvalue weighted by Crippen LogP contribution is 2.14. The van der Waals surface area contributed by atoms with Crippen LogP contribution in [-0.4, -0.2) is 18.6 Å². The predicted octanol–water partition coefficient (Wildman–Crippen LogP) is 1.46. The molecule has 4 nitrogen and oxygen atoms in total. The third kappa shape index (κ3) is 3.28. The summed E-state index contributed by atoms with van der Waals surface area (Å²) in [5.74, 6) is 0.364. The summed E-state index contributed by atoms with van der Waals surface area (Å²) in [4.78, 5) is 11.4. The van der Waals surface area contributed by atoms with Gasteiger partial charge in [-0.05, 0) is 32.0 Å². The molecule has 1 aromatic rings. The first kappa shape index (κ1) is 12.1. The highest BCUT2D eigenvalue weighted by Gasteiger charge is 2.13. The number of benzene rings is 1. The van der Waals surface area contributed by atoms with Gasteiger partial charge in [-0.1, -0.05) is 6.07 Å². The molecular weight excluding hydrogens is 204 g/mol. The Labute approximate surface area is 94.8 Å². The quantitative estimate of drug-likeness (QED) is 0.832. The molecule has 1 amide bonds. The van der Waals surface area contributed by atoms with E-state index < -0.39 is 6.10 Å². The number of nitrogens with zero attached hydrogens (tertiary/aromatic N) is 1. The highest BCUT2D eigenvalue weighted by atomic mass is 16.5. The van der Waals surface area contributed by atoms with Crippen molar-refractivity contribution >= 4 is 5.91 Å². The van der Waals surface area contributed by atoms with E-state index in [0.717, 1.165) is 0 Å². The molecule has 1 aromatic carbocycles. The number of ether oxygens (including phenoxy) is 1. The van der Waals surface area contributed by atoms with Crippen molar-refractivity contribution in [3.05, 3.63) is 29.8 Å². The molecule has 16 heavy (non-hydrogen) atoms. The third-order valence-corrected chi connectivity index (χ3v) is 2.00. The summed E-state index contributed by atoms with van der Waals surface area (Å²) in [6.07, 6.45) is -0.561. The Kier molecular flexibility index (Phi) is 4.34. The molecule has 0 bridgehead atoms. The summed E-state index contributed by atoms with van der Waals surface area (Å²) in [6.45, 7) is 4.09. The van der Waals surface area contributed by atoms with Crippen LogP contribution in [0.2, 0.25) is 0 Å². The van der Waals surface area contributed by atoms with Crippen molar-refractivity contribution in [2.24, 2.45) is 0 Å². The molecule has 0 saturated carbocycles. The molecule has 0 radical (unpaired) electrons. The van der Waals surface area contributed by atoms with E-state index in [1.165, 1.54) is 0 Å². The van der Waals surface area contributed by atoms with Crippen molar-refractivity contribution in [3.8, 4) is 11.8 Å². The molecule has 0 saturated heterocycles. The number of hydrogen-bond donors (Lipinski definition) is 1. The van der Waals surface area contributed by atoms with E-state index in [-0.39, 0.29) is 5.91 Å². The second-order valence-corrected chi connectivity index (χ2v) is 3.29. The van der Waals surface area contributed by atoms with Gasteiger partial charge in [-0.2, -0.15) is 5.26 Å². The van der Waals surface area contributed by atoms with Gasteiger partial charge in [-0.3, -0.25) is 4.79 Å². The average Bonchev–Trinajstić information content (AvgIpc) is 2.29. The molecule has 0 spiro atoms. The van der Waals surface area contributed by atoms with Gasteiger partial charge in [-0.15, -0.1) is 0 Å². The van der Waals surface area contributed by atoms with Crippen LogP contribution < -0.4 is 10.1 Å². The largest absolute Gasteiger partial charge is 0.481 e. The molecule has 0 aromatic heterocycles. The highest BCUT2D eigenvalue weighted by molar-refractivity contribution is 5.80. The molecule has 0 heterocycles. The maximum atomic E-state index is 11.4. The Bertz CT molecular complexity index is 410. The molecular formula is C12H14N2O2. The van der Waals surface area contributed by atoms with Gasteiger partial charge in [-0.25, -0.2) is 0 Å². The van der Waals surface area contributed by atoms with E-state index in [1.54, 1.807) is 31.2 Å². The van der Waals surface area contributed by atoms with Crippen molar-refractivity contribution in [1.82, 2.24) is 5.32 Å². The minimum absolute atomic E-state index is 0.162. The number of hydrogen-bond acceptors (Lipinski definition) is 3. The van der Waals surface area contributed by atoms with Crippen LogP contribution in [0.15, 0.2) is 24.3 Å². The number of nitrogens with one attached hydrogen (secondary N) is 1. The number of carbonyl (C=O) groups excluding carboxylic acids is 1. The molecule has 1 rings (SSSR count). The number of likely N-dealkylation sites (N-methyl/N-ethyl adjacent to an activating group) is 1. The van der Waals surface area contributed by atoms with Gasteiger partial charge < -0.3 is 10.1 Å². The topological polar surface area (TPSA) is 62.1 Å². The van der Waals surface area contributed by atoms with Crippen molar-refractivity contribution in [2.45, 2.75) is 20.0 Å². The SMILES string of the molecule is CCNC(=O)[C@H](C)Oc1cccc(C#N)c1. The molecule has 0 fully saturated rings. The first-order chi connectivity index (χ1) is 7.67. The second-order valence-electron chi connectivity index (χ2n) is 3.29. The maximum Gasteiger partial charge on any atom is 0.260 e. The molecule has 1 atom stereocenters. The van der Waals surface area contributed by atoms with E-state index in [9.17, 15) is 4.79 Å². The lowest BCUT2D eigenvalue weighted by molar-refractivity contribution is -0.127. The summed E-state index contributed by atoms with van der Waals surface area (Å²) in [5.41, 5.74) is 0.514. The molecule has 84 valence electrons. The minimum Gasteiger partial charge on any atom is -0.481 e. The molecule has 0 aliphatic carbocycles. The Balaban J connectivity index is 2.66. The lowest BCUT2D eigenvalue weighted by atomic mass is 10.2. The average molecular weight is 218 g/mol. The fourth-order valence-corrected chi connectivity index (χ4v) is 1.21. The molecule has 0 aliphatic heterocycles. The molecule has 1 N–H and O–H groups in total. The number of nitriles is 1. The summed E-state index contributed by atoms with van der Waals surface area (Å²) in [7, 11) is 0. The molecule has 0 unspecified atom stereocenters. The van der Waals surface area contributed by atoms with E-state index >= 15 is 0 Å². The van der Waals surface area contributed by atoms with Crippen LogP contribution in [0.1, 0.15) is 19.4 Å². The minimum atomic E-state index is -0.561. The van der Waals surface area contributed by atoms with Crippen LogP contribution in [0, 0.1) is 11.3 Å². The van der Waals surface area contributed by atoms with Gasteiger partial charge in [0.15, 0.2) is 6.10 Å². The van der Waals surface area contributed by atoms with Crippen LogP contribution in [0.25, 0.3) is 0 Å². The summed E-state index contributed by atoms with van der Waals surface area (Å²) in [6, 6.07) is 8.74. The zero-order chi connectivity index (χ0) is 12.0. The van der Waals surface area contributed by atoms with Crippen LogP contribution in [0.5, 0.6) is 5.75 Å². The van der Waals surface area contributed by atoms with Gasteiger partial charge in [0.1, 0.15) is 5.75 Å². The van der Waals surface area contributed by atoms with Crippen molar-refractivity contribution in [1.29, 1.82) is 5.26 Å². The van der Waals surface area contributed by atoms with Crippen LogP contribution in [0.3, 0.4) is 0 Å². The first-order valence-corrected chi connectivity index (χ1v) is 5.12. The molecule has 0 aliphatic rings. The second kappa shape index (κ2) is 5.76. The van der Waals surface area contributed by atoms with Crippen LogP contribution in [0.4, 0.5) is 0 Å². The van der Waals surface area contributed by atoms with E-state index in [1.807, 2.05) is 13.0 Å². The fourth-order valence-electron chi connectivity index (χ4n) is 1.21. The van der Waals surface area contributed by atoms with Crippen LogP contribution >= 0.6 is 0 Å². The van der Waals surface area contributed by atoms with Crippen LogP contribution in [-0.2, 0) is 4.79 Å². The lowest BCUT2D eigenvalue weighted by Crippen LogP contribution is -2.36. The Morgan fingerprint density at radius 1 is 1.62 bits per heavy atom. The number of carbonyl (C=O) groups is 1. The smallest absolute Gasteiger partial charge is 0.260 e. The van der Waals surface area contributed by atoms with Crippen molar-refractivity contribution < 1.29 is 9.53 Å². The fraction of sp³-hybridized carbons (Fsp3) is 0.333. The Morgan fingerprint density at radius 3 is 3.00 bits per heavy atom. The first-order valence-electron chi connectivity index (χ1n) is 5.12. The predicted molar refractivity (Wildman–Crippen MR) is 59.9 cm³/mol. The zero-order valence-corrected chi connectivity index (χ0v) is 9.36. The third-order valence-electron chi connectivity index (χ3n) is 2.00. The number of rotatable bonds is 4. The van der Waals surface area contributed by atoms with Gasteiger partial charge in [0.2, 0.25) is 0 Å². The van der Waals surface area contributed by atoms with Gasteiger partial charge in [0, 0.05) is 6.54 Å². The standard InChI is InChI=1S/C12H14N2O2/c1-3-14-12(15)9(2)16-11-6-4-5-10(7-11)8-13/h4-7,9H,3H2,1-2H3,(H,14,15)/t9-/m0/s1. The van der Waals surface area contributed by atoms with Gasteiger partial charge in [0.25, 0.3) is 5.91 Å². The maximum absolute atomic E-state index is 11.4. The Morgan fingerprint density at radius 2 is 2.38 bits per heavy atom. The van der Waals surface area contributed by atoms with Crippen molar-refractivity contribution in [2.75, 3.05) is 6.54 Å². The van der Waals surface area contributed by atoms with E-state index in [0.29, 0.717) is 17.9 Å². The summed E-state index contributed by atoms with van der Waals surface area (Å²) in [5, 5.41) is 11.4. The lowest BCUT2D eigenvalue weighted by Gasteiger charge is -2.13. The zero-order valence-electron chi connectivity index (χ0n) is 9.36. The van der Waals surface area contributed by atoms with Gasteiger partial charge in [0.05, 0.1) is 11.6 Å². The summed E-state index contributed by atoms with van der Waals surface area (Å²) < 4.78 is 5.41. The summed E-state index contributed by atoms with van der Waals surface area (Å²) >= 11 is 0. The normalized spacial score (nSPS) is 11.3. The van der Waals surface area contributed by atoms with E-state index in [4.69, 9.17) is 10.00 Å². The monoisotopic (exact) mass is 218 g/mol. The Hall–Kier alpha value is -2.02.